The largest absolute Gasteiger partial charge is 0.465 e. The van der Waals surface area contributed by atoms with Crippen LogP contribution in [0.25, 0.3) is 0 Å². The zero-order chi connectivity index (χ0) is 15.6. The van der Waals surface area contributed by atoms with Crippen LogP contribution < -0.4 is 0 Å². The Morgan fingerprint density at radius 3 is 2.27 bits per heavy atom. The Bertz CT molecular complexity index is 552. The van der Waals surface area contributed by atoms with E-state index in [9.17, 15) is 9.59 Å². The molecule has 3 rings (SSSR count). The minimum atomic E-state index is -0.949. The maximum atomic E-state index is 11.5. The number of piperidine rings is 1. The SMILES string of the molecule is COC(=O)c1ccc(C2(N3CCC(=O)CC3)OCCO2)cc1. The molecular formula is C16H19NO5. The highest BCUT2D eigenvalue weighted by Gasteiger charge is 2.45. The number of ether oxygens (including phenoxy) is 3. The number of benzene rings is 1. The van der Waals surface area contributed by atoms with Gasteiger partial charge in [0.1, 0.15) is 5.78 Å². The summed E-state index contributed by atoms with van der Waals surface area (Å²) in [6, 6.07) is 7.02. The molecule has 2 saturated heterocycles. The first-order valence-electron chi connectivity index (χ1n) is 7.39. The Balaban J connectivity index is 1.87. The number of nitrogens with zero attached hydrogens (tertiary/aromatic N) is 1. The zero-order valence-corrected chi connectivity index (χ0v) is 12.5. The molecule has 0 unspecified atom stereocenters. The van der Waals surface area contributed by atoms with Crippen LogP contribution in [-0.2, 0) is 24.9 Å². The van der Waals surface area contributed by atoms with Gasteiger partial charge in [-0.05, 0) is 12.1 Å². The molecule has 0 amide bonds. The Labute approximate surface area is 128 Å². The maximum absolute atomic E-state index is 11.5. The molecule has 0 aliphatic carbocycles. The molecule has 2 aliphatic rings. The molecule has 0 saturated carbocycles. The van der Waals surface area contributed by atoms with Gasteiger partial charge < -0.3 is 14.2 Å². The topological polar surface area (TPSA) is 65.1 Å². The fourth-order valence-electron chi connectivity index (χ4n) is 2.92. The van der Waals surface area contributed by atoms with Gasteiger partial charge in [0.05, 0.1) is 25.9 Å². The lowest BCUT2D eigenvalue weighted by Gasteiger charge is -2.40. The van der Waals surface area contributed by atoms with Gasteiger partial charge >= 0.3 is 5.97 Å². The van der Waals surface area contributed by atoms with Crippen molar-refractivity contribution in [2.75, 3.05) is 33.4 Å². The Kier molecular flexibility index (Phi) is 4.24. The Morgan fingerprint density at radius 1 is 1.14 bits per heavy atom. The van der Waals surface area contributed by atoms with Crippen LogP contribution in [0.2, 0.25) is 0 Å². The summed E-state index contributed by atoms with van der Waals surface area (Å²) in [5, 5.41) is 0. The average molecular weight is 305 g/mol. The number of Topliss-reactive ketones (excluding diaryl/α,β-unsaturated/α-hetero) is 1. The summed E-state index contributed by atoms with van der Waals surface area (Å²) in [5.41, 5.74) is 1.31. The minimum Gasteiger partial charge on any atom is -0.465 e. The van der Waals surface area contributed by atoms with Crippen molar-refractivity contribution in [2.24, 2.45) is 0 Å². The van der Waals surface area contributed by atoms with Crippen molar-refractivity contribution >= 4 is 11.8 Å². The van der Waals surface area contributed by atoms with E-state index in [2.05, 4.69) is 4.90 Å². The van der Waals surface area contributed by atoms with Gasteiger partial charge in [0.2, 0.25) is 0 Å². The lowest BCUT2D eigenvalue weighted by Crippen LogP contribution is -2.50. The number of rotatable bonds is 3. The van der Waals surface area contributed by atoms with Crippen LogP contribution in [-0.4, -0.2) is 50.1 Å². The summed E-state index contributed by atoms with van der Waals surface area (Å²) in [5.74, 6) is -1.06. The monoisotopic (exact) mass is 305 g/mol. The second kappa shape index (κ2) is 6.16. The third-order valence-corrected chi connectivity index (χ3v) is 4.09. The average Bonchev–Trinajstić information content (AvgIpc) is 3.06. The van der Waals surface area contributed by atoms with E-state index >= 15 is 0 Å². The number of methoxy groups -OCH3 is 1. The van der Waals surface area contributed by atoms with Crippen LogP contribution >= 0.6 is 0 Å². The maximum Gasteiger partial charge on any atom is 0.337 e. The first kappa shape index (κ1) is 15.1. The van der Waals surface area contributed by atoms with Crippen LogP contribution in [0, 0.1) is 0 Å². The summed E-state index contributed by atoms with van der Waals surface area (Å²) < 4.78 is 16.5. The van der Waals surface area contributed by atoms with Crippen LogP contribution in [0.4, 0.5) is 0 Å². The molecule has 2 heterocycles. The van der Waals surface area contributed by atoms with E-state index in [-0.39, 0.29) is 11.8 Å². The van der Waals surface area contributed by atoms with Gasteiger partial charge in [0, 0.05) is 31.5 Å². The molecule has 0 N–H and O–H groups in total. The molecule has 6 heteroatoms. The quantitative estimate of drug-likeness (QED) is 0.784. The predicted octanol–water partition coefficient (Wildman–Crippen LogP) is 1.30. The van der Waals surface area contributed by atoms with Crippen LogP contribution in [0.15, 0.2) is 24.3 Å². The summed E-state index contributed by atoms with van der Waals surface area (Å²) in [4.78, 5) is 25.0. The second-order valence-electron chi connectivity index (χ2n) is 5.37. The Hall–Kier alpha value is -1.76. The van der Waals surface area contributed by atoms with Gasteiger partial charge in [-0.25, -0.2) is 9.69 Å². The molecule has 0 radical (unpaired) electrons. The van der Waals surface area contributed by atoms with Gasteiger partial charge in [-0.3, -0.25) is 4.79 Å². The molecule has 1 aromatic rings. The number of carbonyl (C=O) groups excluding carboxylic acids is 2. The molecular weight excluding hydrogens is 286 g/mol. The van der Waals surface area contributed by atoms with Gasteiger partial charge in [-0.15, -0.1) is 0 Å². The standard InChI is InChI=1S/C16H19NO5/c1-20-15(19)12-2-4-13(5-3-12)16(21-10-11-22-16)17-8-6-14(18)7-9-17/h2-5H,6-11H2,1H3. The first-order chi connectivity index (χ1) is 10.7. The van der Waals surface area contributed by atoms with E-state index in [1.165, 1.54) is 7.11 Å². The molecule has 0 bridgehead atoms. The molecule has 0 aromatic heterocycles. The number of esters is 1. The highest BCUT2D eigenvalue weighted by molar-refractivity contribution is 5.89. The number of hydrogen-bond donors (Lipinski definition) is 0. The van der Waals surface area contributed by atoms with Crippen molar-refractivity contribution in [1.82, 2.24) is 4.90 Å². The van der Waals surface area contributed by atoms with Crippen molar-refractivity contribution in [3.63, 3.8) is 0 Å². The molecule has 2 fully saturated rings. The summed E-state index contributed by atoms with van der Waals surface area (Å²) >= 11 is 0. The fraction of sp³-hybridized carbons (Fsp3) is 0.500. The summed E-state index contributed by atoms with van der Waals surface area (Å²) in [7, 11) is 1.35. The van der Waals surface area contributed by atoms with Crippen molar-refractivity contribution in [3.8, 4) is 0 Å². The van der Waals surface area contributed by atoms with Gasteiger partial charge in [0.15, 0.2) is 0 Å². The smallest absolute Gasteiger partial charge is 0.337 e. The second-order valence-corrected chi connectivity index (χ2v) is 5.37. The lowest BCUT2D eigenvalue weighted by atomic mass is 10.0. The molecule has 2 aliphatic heterocycles. The summed E-state index contributed by atoms with van der Waals surface area (Å²) in [6.45, 7) is 2.22. The van der Waals surface area contributed by atoms with E-state index < -0.39 is 5.91 Å². The van der Waals surface area contributed by atoms with Crippen LogP contribution in [0.3, 0.4) is 0 Å². The predicted molar refractivity (Wildman–Crippen MR) is 77.2 cm³/mol. The number of carbonyl (C=O) groups is 2. The summed E-state index contributed by atoms with van der Waals surface area (Å²) in [6.07, 6.45) is 1.02. The molecule has 6 nitrogen and oxygen atoms in total. The Morgan fingerprint density at radius 2 is 1.73 bits per heavy atom. The number of ketones is 1. The normalized spacial score (nSPS) is 21.8. The van der Waals surface area contributed by atoms with E-state index in [0.717, 1.165) is 5.56 Å². The van der Waals surface area contributed by atoms with Crippen molar-refractivity contribution in [3.05, 3.63) is 35.4 Å². The van der Waals surface area contributed by atoms with Gasteiger partial charge in [-0.2, -0.15) is 0 Å². The molecule has 118 valence electrons. The van der Waals surface area contributed by atoms with Crippen molar-refractivity contribution in [1.29, 1.82) is 0 Å². The van der Waals surface area contributed by atoms with E-state index in [1.54, 1.807) is 12.1 Å². The van der Waals surface area contributed by atoms with E-state index in [1.807, 2.05) is 12.1 Å². The number of hydrogen-bond acceptors (Lipinski definition) is 6. The van der Waals surface area contributed by atoms with Crippen LogP contribution in [0.1, 0.15) is 28.8 Å². The molecule has 0 spiro atoms. The zero-order valence-electron chi connectivity index (χ0n) is 12.5. The fourth-order valence-corrected chi connectivity index (χ4v) is 2.92. The molecule has 22 heavy (non-hydrogen) atoms. The van der Waals surface area contributed by atoms with Crippen LogP contribution in [0.5, 0.6) is 0 Å². The minimum absolute atomic E-state index is 0.269. The highest BCUT2D eigenvalue weighted by atomic mass is 16.8. The highest BCUT2D eigenvalue weighted by Crippen LogP contribution is 2.36. The number of likely N-dealkylation sites (tertiary alicyclic amines) is 1. The third-order valence-electron chi connectivity index (χ3n) is 4.09. The molecule has 0 atom stereocenters. The molecule has 1 aromatic carbocycles. The lowest BCUT2D eigenvalue weighted by molar-refractivity contribution is -0.271. The van der Waals surface area contributed by atoms with Crippen molar-refractivity contribution < 1.29 is 23.8 Å². The first-order valence-corrected chi connectivity index (χ1v) is 7.39. The van der Waals surface area contributed by atoms with Gasteiger partial charge in [-0.1, -0.05) is 12.1 Å². The van der Waals surface area contributed by atoms with E-state index in [0.29, 0.717) is 44.7 Å². The van der Waals surface area contributed by atoms with E-state index in [4.69, 9.17) is 14.2 Å². The third kappa shape index (κ3) is 2.65. The van der Waals surface area contributed by atoms with Crippen molar-refractivity contribution in [2.45, 2.75) is 18.8 Å². The van der Waals surface area contributed by atoms with Gasteiger partial charge in [0.25, 0.3) is 5.91 Å².